The Labute approximate surface area is 139 Å². The van der Waals surface area contributed by atoms with E-state index in [9.17, 15) is 0 Å². The summed E-state index contributed by atoms with van der Waals surface area (Å²) in [6, 6.07) is 11.8. The summed E-state index contributed by atoms with van der Waals surface area (Å²) in [7, 11) is 1.98. The first-order valence-electron chi connectivity index (χ1n) is 7.67. The van der Waals surface area contributed by atoms with E-state index in [1.807, 2.05) is 60.7 Å². The fourth-order valence-electron chi connectivity index (χ4n) is 2.62. The molecule has 118 valence electrons. The van der Waals surface area contributed by atoms with Crippen LogP contribution in [-0.2, 0) is 6.54 Å². The zero-order valence-corrected chi connectivity index (χ0v) is 13.2. The molecule has 4 aromatic rings. The molecule has 0 bridgehead atoms. The van der Waals surface area contributed by atoms with Crippen LogP contribution in [0.15, 0.2) is 67.4 Å². The second-order valence-electron chi connectivity index (χ2n) is 5.52. The lowest BCUT2D eigenvalue weighted by molar-refractivity contribution is 0.832. The van der Waals surface area contributed by atoms with Crippen LogP contribution in [0.2, 0.25) is 0 Å². The van der Waals surface area contributed by atoms with Crippen LogP contribution in [-0.4, -0.2) is 31.4 Å². The molecule has 4 aromatic heterocycles. The Morgan fingerprint density at radius 1 is 1.00 bits per heavy atom. The molecule has 0 aliphatic heterocycles. The van der Waals surface area contributed by atoms with Crippen molar-refractivity contribution in [1.29, 1.82) is 0 Å². The zero-order chi connectivity index (χ0) is 16.4. The topological polar surface area (TPSA) is 59.2 Å². The first-order valence-corrected chi connectivity index (χ1v) is 7.67. The van der Waals surface area contributed by atoms with Gasteiger partial charge in [-0.25, -0.2) is 15.0 Å². The van der Waals surface area contributed by atoms with Crippen molar-refractivity contribution < 1.29 is 0 Å². The van der Waals surface area contributed by atoms with Crippen LogP contribution in [0.4, 0.5) is 5.95 Å². The summed E-state index contributed by atoms with van der Waals surface area (Å²) in [5.74, 6) is 0.669. The minimum absolute atomic E-state index is 0.668. The van der Waals surface area contributed by atoms with Crippen molar-refractivity contribution in [2.75, 3.05) is 11.9 Å². The van der Waals surface area contributed by atoms with Crippen LogP contribution < -0.4 is 4.90 Å². The number of rotatable bonds is 4. The monoisotopic (exact) mass is 316 g/mol. The third-order valence-corrected chi connectivity index (χ3v) is 3.83. The molecule has 0 N–H and O–H groups in total. The van der Waals surface area contributed by atoms with E-state index in [1.165, 1.54) is 0 Å². The van der Waals surface area contributed by atoms with Gasteiger partial charge in [0, 0.05) is 37.4 Å². The molecule has 4 heterocycles. The Bertz CT molecular complexity index is 963. The molecule has 0 fully saturated rings. The number of nitrogens with zero attached hydrogens (tertiary/aromatic N) is 6. The molecule has 0 unspecified atom stereocenters. The van der Waals surface area contributed by atoms with Crippen molar-refractivity contribution in [2.45, 2.75) is 6.54 Å². The van der Waals surface area contributed by atoms with Crippen LogP contribution in [0.1, 0.15) is 5.69 Å². The SMILES string of the molecule is CN(Cc1cnc2ccccn12)c1nccc(-c2cccnc2)n1. The molecule has 0 aromatic carbocycles. The molecule has 0 radical (unpaired) electrons. The summed E-state index contributed by atoms with van der Waals surface area (Å²) in [6.45, 7) is 0.668. The van der Waals surface area contributed by atoms with Crippen molar-refractivity contribution in [3.05, 3.63) is 73.1 Å². The van der Waals surface area contributed by atoms with E-state index in [0.29, 0.717) is 12.5 Å². The van der Waals surface area contributed by atoms with E-state index in [-0.39, 0.29) is 0 Å². The second kappa shape index (κ2) is 6.08. The average molecular weight is 316 g/mol. The molecule has 0 saturated carbocycles. The van der Waals surface area contributed by atoms with E-state index in [0.717, 1.165) is 22.6 Å². The molecule has 0 aliphatic carbocycles. The van der Waals surface area contributed by atoms with Crippen LogP contribution >= 0.6 is 0 Å². The van der Waals surface area contributed by atoms with Crippen molar-refractivity contribution >= 4 is 11.6 Å². The Morgan fingerprint density at radius 3 is 2.83 bits per heavy atom. The standard InChI is InChI=1S/C18H16N6/c1-23(13-15-12-21-17-6-2-3-10-24(15)17)18-20-9-7-16(22-18)14-5-4-8-19-11-14/h2-12H,13H2,1H3. The van der Waals surface area contributed by atoms with Crippen molar-refractivity contribution in [1.82, 2.24) is 24.3 Å². The Hall–Kier alpha value is -3.28. The molecule has 6 nitrogen and oxygen atoms in total. The van der Waals surface area contributed by atoms with Gasteiger partial charge < -0.3 is 9.30 Å². The largest absolute Gasteiger partial charge is 0.338 e. The third-order valence-electron chi connectivity index (χ3n) is 3.83. The predicted octanol–water partition coefficient (Wildman–Crippen LogP) is 2.82. The third kappa shape index (κ3) is 2.69. The minimum atomic E-state index is 0.668. The molecule has 0 aliphatic rings. The summed E-state index contributed by atoms with van der Waals surface area (Å²) in [5, 5.41) is 0. The van der Waals surface area contributed by atoms with Crippen molar-refractivity contribution in [3.8, 4) is 11.3 Å². The number of hydrogen-bond donors (Lipinski definition) is 0. The summed E-state index contributed by atoms with van der Waals surface area (Å²) in [6.07, 6.45) is 9.23. The molecule has 24 heavy (non-hydrogen) atoms. The van der Waals surface area contributed by atoms with Gasteiger partial charge in [-0.2, -0.15) is 0 Å². The molecular weight excluding hydrogens is 300 g/mol. The molecule has 0 spiro atoms. The smallest absolute Gasteiger partial charge is 0.225 e. The van der Waals surface area contributed by atoms with E-state index in [4.69, 9.17) is 0 Å². The van der Waals surface area contributed by atoms with E-state index in [2.05, 4.69) is 24.3 Å². The van der Waals surface area contributed by atoms with Crippen LogP contribution in [0.25, 0.3) is 16.9 Å². The minimum Gasteiger partial charge on any atom is -0.338 e. The van der Waals surface area contributed by atoms with Gasteiger partial charge in [0.25, 0.3) is 0 Å². The highest BCUT2D eigenvalue weighted by Gasteiger charge is 2.10. The van der Waals surface area contributed by atoms with Gasteiger partial charge in [-0.1, -0.05) is 6.07 Å². The zero-order valence-electron chi connectivity index (χ0n) is 13.2. The maximum atomic E-state index is 4.65. The quantitative estimate of drug-likeness (QED) is 0.579. The van der Waals surface area contributed by atoms with Gasteiger partial charge in [0.05, 0.1) is 24.1 Å². The Morgan fingerprint density at radius 2 is 1.96 bits per heavy atom. The van der Waals surface area contributed by atoms with Crippen LogP contribution in [0.3, 0.4) is 0 Å². The second-order valence-corrected chi connectivity index (χ2v) is 5.52. The predicted molar refractivity (Wildman–Crippen MR) is 92.6 cm³/mol. The fraction of sp³-hybridized carbons (Fsp3) is 0.111. The summed E-state index contributed by atoms with van der Waals surface area (Å²) in [4.78, 5) is 19.6. The van der Waals surface area contributed by atoms with Crippen LogP contribution in [0, 0.1) is 0 Å². The van der Waals surface area contributed by atoms with Gasteiger partial charge in [0.1, 0.15) is 5.65 Å². The molecule has 0 atom stereocenters. The number of hydrogen-bond acceptors (Lipinski definition) is 5. The van der Waals surface area contributed by atoms with Crippen LogP contribution in [0.5, 0.6) is 0 Å². The van der Waals surface area contributed by atoms with Crippen molar-refractivity contribution in [3.63, 3.8) is 0 Å². The fourth-order valence-corrected chi connectivity index (χ4v) is 2.62. The highest BCUT2D eigenvalue weighted by atomic mass is 15.2. The number of imidazole rings is 1. The molecular formula is C18H16N6. The lowest BCUT2D eigenvalue weighted by atomic mass is 10.2. The lowest BCUT2D eigenvalue weighted by Gasteiger charge is -2.17. The highest BCUT2D eigenvalue weighted by molar-refractivity contribution is 5.58. The number of pyridine rings is 2. The van der Waals surface area contributed by atoms with Gasteiger partial charge in [-0.3, -0.25) is 4.98 Å². The number of anilines is 1. The van der Waals surface area contributed by atoms with Crippen molar-refractivity contribution in [2.24, 2.45) is 0 Å². The number of fused-ring (bicyclic) bond motifs is 1. The van der Waals surface area contributed by atoms with Gasteiger partial charge in [0.2, 0.25) is 5.95 Å². The highest BCUT2D eigenvalue weighted by Crippen LogP contribution is 2.18. The van der Waals surface area contributed by atoms with E-state index in [1.54, 1.807) is 18.6 Å². The maximum absolute atomic E-state index is 4.65. The normalized spacial score (nSPS) is 10.9. The maximum Gasteiger partial charge on any atom is 0.225 e. The molecule has 4 rings (SSSR count). The average Bonchev–Trinajstić information content (AvgIpc) is 3.06. The summed E-state index contributed by atoms with van der Waals surface area (Å²) < 4.78 is 2.07. The molecule has 0 amide bonds. The van der Waals surface area contributed by atoms with Gasteiger partial charge in [-0.05, 0) is 30.3 Å². The molecule has 6 heteroatoms. The van der Waals surface area contributed by atoms with E-state index < -0.39 is 0 Å². The summed E-state index contributed by atoms with van der Waals surface area (Å²) in [5.41, 5.74) is 3.86. The van der Waals surface area contributed by atoms with E-state index >= 15 is 0 Å². The Balaban J connectivity index is 1.62. The number of aromatic nitrogens is 5. The van der Waals surface area contributed by atoms with Gasteiger partial charge in [-0.15, -0.1) is 0 Å². The first-order chi connectivity index (χ1) is 11.8. The lowest BCUT2D eigenvalue weighted by Crippen LogP contribution is -2.20. The summed E-state index contributed by atoms with van der Waals surface area (Å²) >= 11 is 0. The molecule has 0 saturated heterocycles. The van der Waals surface area contributed by atoms with Gasteiger partial charge >= 0.3 is 0 Å². The first kappa shape index (κ1) is 14.3. The Kier molecular flexibility index (Phi) is 3.63. The van der Waals surface area contributed by atoms with Gasteiger partial charge in [0.15, 0.2) is 0 Å².